The van der Waals surface area contributed by atoms with Crippen molar-refractivity contribution in [3.8, 4) is 11.4 Å². The molecular formula is C18H18BrN3O2S. The van der Waals surface area contributed by atoms with E-state index in [2.05, 4.69) is 25.6 Å². The molecule has 1 aromatic heterocycles. The third-order valence-electron chi connectivity index (χ3n) is 3.74. The number of nitrogens with zero attached hydrogens (tertiary/aromatic N) is 2. The van der Waals surface area contributed by atoms with Crippen LogP contribution in [-0.4, -0.2) is 24.5 Å². The number of halogens is 1. The summed E-state index contributed by atoms with van der Waals surface area (Å²) in [4.78, 5) is 4.64. The van der Waals surface area contributed by atoms with Gasteiger partial charge in [0.1, 0.15) is 5.82 Å². The topological polar surface area (TPSA) is 64.0 Å². The van der Waals surface area contributed by atoms with Crippen LogP contribution in [0.15, 0.2) is 76.4 Å². The van der Waals surface area contributed by atoms with Crippen LogP contribution in [0, 0.1) is 0 Å². The van der Waals surface area contributed by atoms with E-state index in [0.717, 1.165) is 11.4 Å². The zero-order valence-electron chi connectivity index (χ0n) is 13.5. The van der Waals surface area contributed by atoms with Crippen LogP contribution in [0.5, 0.6) is 0 Å². The first-order valence-corrected chi connectivity index (χ1v) is 10.2. The molecule has 25 heavy (non-hydrogen) atoms. The smallest absolute Gasteiger partial charge is 0.241 e. The van der Waals surface area contributed by atoms with Crippen molar-refractivity contribution in [2.75, 3.05) is 6.54 Å². The minimum atomic E-state index is -3.52. The summed E-state index contributed by atoms with van der Waals surface area (Å²) in [7, 11) is -3.52. The number of aryl methyl sites for hydroxylation is 1. The Morgan fingerprint density at radius 3 is 2.52 bits per heavy atom. The van der Waals surface area contributed by atoms with Crippen LogP contribution in [0.4, 0.5) is 0 Å². The molecule has 0 aliphatic heterocycles. The summed E-state index contributed by atoms with van der Waals surface area (Å²) in [5.41, 5.74) is 1.04. The number of hydrogen-bond acceptors (Lipinski definition) is 3. The van der Waals surface area contributed by atoms with Gasteiger partial charge in [-0.05, 0) is 34.5 Å². The fourth-order valence-corrected chi connectivity index (χ4v) is 4.61. The first kappa shape index (κ1) is 17.8. The standard InChI is InChI=1S/C18H18BrN3O2S/c19-16-9-4-5-10-17(16)25(23,24)21-11-6-13-22-14-12-20-18(22)15-7-2-1-3-8-15/h1-5,7-10,12,14,21H,6,11,13H2. The molecule has 0 aliphatic rings. The quantitative estimate of drug-likeness (QED) is 0.593. The Morgan fingerprint density at radius 1 is 1.04 bits per heavy atom. The highest BCUT2D eigenvalue weighted by Gasteiger charge is 2.16. The summed E-state index contributed by atoms with van der Waals surface area (Å²) in [6, 6.07) is 16.7. The Hall–Kier alpha value is -1.96. The van der Waals surface area contributed by atoms with Crippen molar-refractivity contribution < 1.29 is 8.42 Å². The summed E-state index contributed by atoms with van der Waals surface area (Å²) < 4.78 is 29.9. The monoisotopic (exact) mass is 419 g/mol. The number of nitrogens with one attached hydrogen (secondary N) is 1. The lowest BCUT2D eigenvalue weighted by atomic mass is 10.2. The van der Waals surface area contributed by atoms with Crippen molar-refractivity contribution in [2.45, 2.75) is 17.9 Å². The maximum atomic E-state index is 12.3. The Morgan fingerprint density at radius 2 is 1.76 bits per heavy atom. The molecule has 0 saturated heterocycles. The number of sulfonamides is 1. The minimum Gasteiger partial charge on any atom is -0.331 e. The van der Waals surface area contributed by atoms with E-state index >= 15 is 0 Å². The van der Waals surface area contributed by atoms with E-state index in [1.807, 2.05) is 41.1 Å². The van der Waals surface area contributed by atoms with Gasteiger partial charge in [0.2, 0.25) is 10.0 Å². The summed E-state index contributed by atoms with van der Waals surface area (Å²) >= 11 is 3.28. The molecule has 7 heteroatoms. The van der Waals surface area contributed by atoms with Crippen LogP contribution in [0.25, 0.3) is 11.4 Å². The summed E-state index contributed by atoms with van der Waals surface area (Å²) in [5.74, 6) is 0.884. The number of benzene rings is 2. The Labute approximate surface area is 155 Å². The largest absolute Gasteiger partial charge is 0.331 e. The number of hydrogen-bond donors (Lipinski definition) is 1. The van der Waals surface area contributed by atoms with E-state index in [-0.39, 0.29) is 4.90 Å². The van der Waals surface area contributed by atoms with Crippen molar-refractivity contribution in [3.05, 3.63) is 71.5 Å². The predicted molar refractivity (Wildman–Crippen MR) is 102 cm³/mol. The second-order valence-corrected chi connectivity index (χ2v) is 8.08. The Balaban J connectivity index is 1.60. The molecular weight excluding hydrogens is 402 g/mol. The van der Waals surface area contributed by atoms with Gasteiger partial charge in [-0.2, -0.15) is 0 Å². The highest BCUT2D eigenvalue weighted by Crippen LogP contribution is 2.21. The molecule has 0 spiro atoms. The molecule has 0 atom stereocenters. The van der Waals surface area contributed by atoms with Gasteiger partial charge >= 0.3 is 0 Å². The molecule has 0 radical (unpaired) electrons. The molecule has 1 heterocycles. The normalized spacial score (nSPS) is 11.6. The second-order valence-electron chi connectivity index (χ2n) is 5.49. The third kappa shape index (κ3) is 4.36. The van der Waals surface area contributed by atoms with Crippen LogP contribution in [0.2, 0.25) is 0 Å². The van der Waals surface area contributed by atoms with Crippen molar-refractivity contribution in [3.63, 3.8) is 0 Å². The van der Waals surface area contributed by atoms with Crippen molar-refractivity contribution in [1.82, 2.24) is 14.3 Å². The first-order valence-electron chi connectivity index (χ1n) is 7.89. The molecule has 3 rings (SSSR count). The Bertz CT molecular complexity index is 940. The van der Waals surface area contributed by atoms with Crippen LogP contribution >= 0.6 is 15.9 Å². The third-order valence-corrected chi connectivity index (χ3v) is 6.21. The van der Waals surface area contributed by atoms with Crippen molar-refractivity contribution in [2.24, 2.45) is 0 Å². The maximum Gasteiger partial charge on any atom is 0.241 e. The fourth-order valence-electron chi connectivity index (χ4n) is 2.53. The molecule has 0 amide bonds. The van der Waals surface area contributed by atoms with E-state index in [4.69, 9.17) is 0 Å². The van der Waals surface area contributed by atoms with Gasteiger partial charge in [-0.25, -0.2) is 18.1 Å². The van der Waals surface area contributed by atoms with E-state index < -0.39 is 10.0 Å². The van der Waals surface area contributed by atoms with E-state index in [1.54, 1.807) is 30.5 Å². The van der Waals surface area contributed by atoms with E-state index in [0.29, 0.717) is 24.0 Å². The van der Waals surface area contributed by atoms with Gasteiger partial charge in [-0.3, -0.25) is 0 Å². The van der Waals surface area contributed by atoms with Gasteiger partial charge < -0.3 is 4.57 Å². The highest BCUT2D eigenvalue weighted by molar-refractivity contribution is 9.10. The predicted octanol–water partition coefficient (Wildman–Crippen LogP) is 3.68. The zero-order valence-corrected chi connectivity index (χ0v) is 15.9. The van der Waals surface area contributed by atoms with E-state index in [9.17, 15) is 8.42 Å². The molecule has 2 aromatic carbocycles. The molecule has 0 unspecified atom stereocenters. The van der Waals surface area contributed by atoms with Crippen LogP contribution < -0.4 is 4.72 Å². The summed E-state index contributed by atoms with van der Waals surface area (Å²) in [6.45, 7) is 1.04. The summed E-state index contributed by atoms with van der Waals surface area (Å²) in [5, 5.41) is 0. The van der Waals surface area contributed by atoms with Crippen LogP contribution in [0.1, 0.15) is 6.42 Å². The second kappa shape index (κ2) is 7.95. The zero-order chi connectivity index (χ0) is 17.7. The lowest BCUT2D eigenvalue weighted by Crippen LogP contribution is -2.25. The van der Waals surface area contributed by atoms with Gasteiger partial charge in [0, 0.05) is 35.5 Å². The number of aromatic nitrogens is 2. The van der Waals surface area contributed by atoms with Crippen molar-refractivity contribution >= 4 is 26.0 Å². The molecule has 1 N–H and O–H groups in total. The molecule has 0 bridgehead atoms. The highest BCUT2D eigenvalue weighted by atomic mass is 79.9. The minimum absolute atomic E-state index is 0.252. The van der Waals surface area contributed by atoms with Crippen LogP contribution in [0.3, 0.4) is 0 Å². The first-order chi connectivity index (χ1) is 12.1. The van der Waals surface area contributed by atoms with Crippen LogP contribution in [-0.2, 0) is 16.6 Å². The van der Waals surface area contributed by atoms with Gasteiger partial charge in [0.15, 0.2) is 0 Å². The van der Waals surface area contributed by atoms with Gasteiger partial charge in [-0.1, -0.05) is 42.5 Å². The molecule has 0 saturated carbocycles. The number of rotatable bonds is 7. The molecule has 0 fully saturated rings. The van der Waals surface area contributed by atoms with Crippen molar-refractivity contribution in [1.29, 1.82) is 0 Å². The Kier molecular flexibility index (Phi) is 5.67. The maximum absolute atomic E-state index is 12.3. The molecule has 130 valence electrons. The lowest BCUT2D eigenvalue weighted by Gasteiger charge is -2.10. The molecule has 3 aromatic rings. The number of imidazole rings is 1. The SMILES string of the molecule is O=S(=O)(NCCCn1ccnc1-c1ccccc1)c1ccccc1Br. The fraction of sp³-hybridized carbons (Fsp3) is 0.167. The lowest BCUT2D eigenvalue weighted by molar-refractivity contribution is 0.570. The van der Waals surface area contributed by atoms with E-state index in [1.165, 1.54) is 0 Å². The molecule has 0 aliphatic carbocycles. The summed E-state index contributed by atoms with van der Waals surface area (Å²) in [6.07, 6.45) is 4.33. The molecule has 5 nitrogen and oxygen atoms in total. The van der Waals surface area contributed by atoms with Gasteiger partial charge in [0.25, 0.3) is 0 Å². The van der Waals surface area contributed by atoms with Gasteiger partial charge in [-0.15, -0.1) is 0 Å². The average molecular weight is 420 g/mol. The average Bonchev–Trinajstić information content (AvgIpc) is 3.08. The van der Waals surface area contributed by atoms with Gasteiger partial charge in [0.05, 0.1) is 4.90 Å².